The topological polar surface area (TPSA) is 9.23 Å². The van der Waals surface area contributed by atoms with Crippen molar-refractivity contribution in [2.45, 2.75) is 20.3 Å². The Morgan fingerprint density at radius 1 is 1.33 bits per heavy atom. The Labute approximate surface area is 68.7 Å². The van der Waals surface area contributed by atoms with Gasteiger partial charge in [0.25, 0.3) is 0 Å². The fourth-order valence-corrected chi connectivity index (χ4v) is 3.16. The van der Waals surface area contributed by atoms with Gasteiger partial charge in [0, 0.05) is 15.6 Å². The summed E-state index contributed by atoms with van der Waals surface area (Å²) in [6.07, 6.45) is 1.24. The lowest BCUT2D eigenvalue weighted by molar-refractivity contribution is 0.408. The highest BCUT2D eigenvalue weighted by molar-refractivity contribution is 9.08. The molecule has 0 aliphatic carbocycles. The maximum atomic E-state index is 5.04. The van der Waals surface area contributed by atoms with Gasteiger partial charge in [0.05, 0.1) is 17.7 Å². The van der Waals surface area contributed by atoms with Gasteiger partial charge in [-0.3, -0.25) is 0 Å². The minimum Gasteiger partial charge on any atom is -0.305 e. The molecule has 0 atom stereocenters. The first-order valence-electron chi connectivity index (χ1n) is 2.99. The van der Waals surface area contributed by atoms with Crippen molar-refractivity contribution in [3.05, 3.63) is 0 Å². The SMILES string of the molecule is CCCSSSOCC. The summed E-state index contributed by atoms with van der Waals surface area (Å²) >= 11 is 1.47. The molecule has 0 aliphatic rings. The van der Waals surface area contributed by atoms with E-state index in [1.807, 2.05) is 17.7 Å². The predicted molar refractivity (Wildman–Crippen MR) is 49.6 cm³/mol. The zero-order chi connectivity index (χ0) is 6.95. The Morgan fingerprint density at radius 3 is 2.67 bits per heavy atom. The molecule has 0 aliphatic heterocycles. The summed E-state index contributed by atoms with van der Waals surface area (Å²) in [5, 5.41) is 0. The first kappa shape index (κ1) is 10.0. The van der Waals surface area contributed by atoms with Crippen LogP contribution in [0.2, 0.25) is 0 Å². The molecule has 0 unspecified atom stereocenters. The van der Waals surface area contributed by atoms with E-state index < -0.39 is 0 Å². The van der Waals surface area contributed by atoms with Crippen LogP contribution in [0.25, 0.3) is 0 Å². The Bertz CT molecular complexity index is 45.5. The standard InChI is InChI=1S/C5H12OS3/c1-3-5-7-9-8-6-4-2/h3-5H2,1-2H3. The summed E-state index contributed by atoms with van der Waals surface area (Å²) in [7, 11) is 3.56. The zero-order valence-electron chi connectivity index (χ0n) is 5.75. The summed E-state index contributed by atoms with van der Waals surface area (Å²) in [5.74, 6) is 1.21. The van der Waals surface area contributed by atoms with Gasteiger partial charge in [-0.2, -0.15) is 0 Å². The summed E-state index contributed by atoms with van der Waals surface area (Å²) in [4.78, 5) is 0. The predicted octanol–water partition coefficient (Wildman–Crippen LogP) is 3.38. The summed E-state index contributed by atoms with van der Waals surface area (Å²) in [5.41, 5.74) is 0. The lowest BCUT2D eigenvalue weighted by Gasteiger charge is -1.95. The van der Waals surface area contributed by atoms with Crippen molar-refractivity contribution < 1.29 is 4.18 Å². The van der Waals surface area contributed by atoms with Gasteiger partial charge >= 0.3 is 0 Å². The molecule has 0 radical (unpaired) electrons. The van der Waals surface area contributed by atoms with Crippen molar-refractivity contribution in [2.75, 3.05) is 12.4 Å². The van der Waals surface area contributed by atoms with Crippen LogP contribution in [-0.4, -0.2) is 12.4 Å². The highest BCUT2D eigenvalue weighted by Crippen LogP contribution is 2.34. The van der Waals surface area contributed by atoms with E-state index in [9.17, 15) is 0 Å². The van der Waals surface area contributed by atoms with Gasteiger partial charge in [-0.05, 0) is 13.3 Å². The summed E-state index contributed by atoms with van der Waals surface area (Å²) in [6, 6.07) is 0. The highest BCUT2D eigenvalue weighted by atomic mass is 33.5. The van der Waals surface area contributed by atoms with Crippen molar-refractivity contribution in [2.24, 2.45) is 0 Å². The summed E-state index contributed by atoms with van der Waals surface area (Å²) in [6.45, 7) is 4.97. The number of rotatable bonds is 6. The van der Waals surface area contributed by atoms with E-state index in [1.54, 1.807) is 9.83 Å². The molecule has 9 heavy (non-hydrogen) atoms. The fourth-order valence-electron chi connectivity index (χ4n) is 0.205. The first-order valence-corrected chi connectivity index (χ1v) is 6.57. The quantitative estimate of drug-likeness (QED) is 0.355. The van der Waals surface area contributed by atoms with Crippen molar-refractivity contribution >= 4 is 31.7 Å². The van der Waals surface area contributed by atoms with Crippen LogP contribution in [-0.2, 0) is 4.18 Å². The van der Waals surface area contributed by atoms with Gasteiger partial charge in [-0.15, -0.1) is 0 Å². The molecule has 0 aromatic rings. The van der Waals surface area contributed by atoms with Gasteiger partial charge in [-0.25, -0.2) is 0 Å². The molecule has 0 bridgehead atoms. The van der Waals surface area contributed by atoms with Crippen molar-refractivity contribution in [1.82, 2.24) is 0 Å². The van der Waals surface area contributed by atoms with E-state index in [1.165, 1.54) is 23.2 Å². The monoisotopic (exact) mass is 184 g/mol. The van der Waals surface area contributed by atoms with Crippen LogP contribution in [0.1, 0.15) is 20.3 Å². The molecule has 0 saturated carbocycles. The molecule has 4 heteroatoms. The molecule has 0 spiro atoms. The smallest absolute Gasteiger partial charge is 0.0740 e. The average molecular weight is 184 g/mol. The fraction of sp³-hybridized carbons (Fsp3) is 1.00. The molecule has 1 nitrogen and oxygen atoms in total. The molecule has 0 amide bonds. The second-order valence-corrected chi connectivity index (χ2v) is 5.26. The second-order valence-electron chi connectivity index (χ2n) is 1.36. The maximum Gasteiger partial charge on any atom is 0.0740 e. The Balaban J connectivity index is 2.60. The third-order valence-electron chi connectivity index (χ3n) is 0.529. The van der Waals surface area contributed by atoms with Gasteiger partial charge in [0.15, 0.2) is 0 Å². The van der Waals surface area contributed by atoms with Crippen LogP contribution in [0.4, 0.5) is 0 Å². The average Bonchev–Trinajstić information content (AvgIpc) is 1.89. The Morgan fingerprint density at radius 2 is 2.11 bits per heavy atom. The lowest BCUT2D eigenvalue weighted by atomic mass is 10.6. The van der Waals surface area contributed by atoms with Gasteiger partial charge in [0.1, 0.15) is 0 Å². The molecule has 0 aromatic carbocycles. The molecule has 0 rings (SSSR count). The third kappa shape index (κ3) is 9.01. The molecule has 0 heterocycles. The van der Waals surface area contributed by atoms with E-state index in [0.29, 0.717) is 0 Å². The van der Waals surface area contributed by atoms with Crippen LogP contribution in [0.15, 0.2) is 0 Å². The van der Waals surface area contributed by atoms with Crippen molar-refractivity contribution in [3.8, 4) is 0 Å². The minimum atomic E-state index is 0.796. The molecule has 0 aromatic heterocycles. The van der Waals surface area contributed by atoms with Crippen molar-refractivity contribution in [3.63, 3.8) is 0 Å². The number of hydrogen-bond donors (Lipinski definition) is 0. The summed E-state index contributed by atoms with van der Waals surface area (Å²) < 4.78 is 5.04. The normalized spacial score (nSPS) is 10.0. The van der Waals surface area contributed by atoms with Gasteiger partial charge in [-0.1, -0.05) is 17.7 Å². The van der Waals surface area contributed by atoms with E-state index in [4.69, 9.17) is 4.18 Å². The Kier molecular flexibility index (Phi) is 10.0. The molecule has 0 N–H and O–H groups in total. The van der Waals surface area contributed by atoms with Crippen LogP contribution >= 0.6 is 31.7 Å². The first-order chi connectivity index (χ1) is 4.41. The third-order valence-corrected chi connectivity index (χ3v) is 4.20. The van der Waals surface area contributed by atoms with Crippen LogP contribution in [0.3, 0.4) is 0 Å². The van der Waals surface area contributed by atoms with Crippen LogP contribution in [0.5, 0.6) is 0 Å². The molecule has 0 fully saturated rings. The second kappa shape index (κ2) is 9.01. The van der Waals surface area contributed by atoms with Crippen LogP contribution < -0.4 is 0 Å². The molecular weight excluding hydrogens is 172 g/mol. The van der Waals surface area contributed by atoms with Gasteiger partial charge in [0.2, 0.25) is 0 Å². The van der Waals surface area contributed by atoms with E-state index in [0.717, 1.165) is 6.61 Å². The highest BCUT2D eigenvalue weighted by Gasteiger charge is 1.87. The minimum absolute atomic E-state index is 0.796. The Hall–Kier alpha value is 1.01. The molecule has 0 saturated heterocycles. The van der Waals surface area contributed by atoms with Crippen molar-refractivity contribution in [1.29, 1.82) is 0 Å². The zero-order valence-corrected chi connectivity index (χ0v) is 8.20. The largest absolute Gasteiger partial charge is 0.305 e. The maximum absolute atomic E-state index is 5.04. The van der Waals surface area contributed by atoms with Gasteiger partial charge < -0.3 is 4.18 Å². The number of hydrogen-bond acceptors (Lipinski definition) is 4. The lowest BCUT2D eigenvalue weighted by Crippen LogP contribution is -1.71. The van der Waals surface area contributed by atoms with E-state index >= 15 is 0 Å². The van der Waals surface area contributed by atoms with E-state index in [2.05, 4.69) is 6.92 Å². The molecule has 56 valence electrons. The van der Waals surface area contributed by atoms with Crippen LogP contribution in [0, 0.1) is 0 Å². The van der Waals surface area contributed by atoms with E-state index in [-0.39, 0.29) is 0 Å². The molecular formula is C5H12OS3.